The van der Waals surface area contributed by atoms with Crippen molar-refractivity contribution < 1.29 is 43.1 Å². The molecule has 1 rings (SSSR count). The summed E-state index contributed by atoms with van der Waals surface area (Å²) in [5.74, 6) is -2.31. The van der Waals surface area contributed by atoms with Gasteiger partial charge in [-0.2, -0.15) is 13.2 Å². The molecule has 1 fully saturated rings. The minimum absolute atomic E-state index is 0.450. The molecule has 0 aromatic rings. The number of alkyl halides is 3. The van der Waals surface area contributed by atoms with Crippen molar-refractivity contribution in [2.24, 2.45) is 0 Å². The maximum Gasteiger partial charge on any atom is 0.471 e. The van der Waals surface area contributed by atoms with Crippen molar-refractivity contribution in [1.29, 1.82) is 0 Å². The first-order valence-electron chi connectivity index (χ1n) is 5.77. The smallest absolute Gasteiger partial charge is 0.391 e. The fourth-order valence-electron chi connectivity index (χ4n) is 1.86. The van der Waals surface area contributed by atoms with Crippen molar-refractivity contribution in [3.8, 4) is 0 Å². The predicted octanol–water partition coefficient (Wildman–Crippen LogP) is -2.10. The van der Waals surface area contributed by atoms with Crippen molar-refractivity contribution in [2.75, 3.05) is 6.61 Å². The summed E-state index contributed by atoms with van der Waals surface area (Å²) in [6, 6.07) is -1.60. The molecule has 0 unspecified atom stereocenters. The largest absolute Gasteiger partial charge is 0.471 e. The Morgan fingerprint density at radius 2 is 1.85 bits per heavy atom. The van der Waals surface area contributed by atoms with Crippen molar-refractivity contribution >= 4 is 5.91 Å². The van der Waals surface area contributed by atoms with Gasteiger partial charge in [0.25, 0.3) is 0 Å². The molecule has 0 aliphatic carbocycles. The Morgan fingerprint density at radius 3 is 2.30 bits per heavy atom. The molecule has 1 aliphatic heterocycles. The van der Waals surface area contributed by atoms with E-state index in [1.165, 1.54) is 5.32 Å². The Balaban J connectivity index is 2.84. The summed E-state index contributed by atoms with van der Waals surface area (Å²) in [7, 11) is 0. The van der Waals surface area contributed by atoms with Gasteiger partial charge in [0.05, 0.1) is 18.8 Å². The number of carbonyl (C=O) groups excluding carboxylic acids is 1. The Labute approximate surface area is 112 Å². The first-order valence-corrected chi connectivity index (χ1v) is 5.77. The highest BCUT2D eigenvalue weighted by molar-refractivity contribution is 5.82. The van der Waals surface area contributed by atoms with Crippen LogP contribution in [-0.4, -0.2) is 75.7 Å². The second-order valence-corrected chi connectivity index (χ2v) is 4.58. The number of hydrogen-bond acceptors (Lipinski definition) is 6. The molecule has 0 saturated carbocycles. The highest BCUT2D eigenvalue weighted by atomic mass is 19.4. The number of rotatable bonds is 3. The zero-order valence-corrected chi connectivity index (χ0v) is 10.4. The van der Waals surface area contributed by atoms with Crippen LogP contribution in [0.4, 0.5) is 13.2 Å². The summed E-state index contributed by atoms with van der Waals surface area (Å²) in [5.41, 5.74) is 0. The number of hydrogen-bond donors (Lipinski definition) is 5. The third kappa shape index (κ3) is 3.79. The van der Waals surface area contributed by atoms with Crippen LogP contribution in [0, 0.1) is 0 Å². The Morgan fingerprint density at radius 1 is 1.30 bits per heavy atom. The molecule has 10 heteroatoms. The molecule has 1 heterocycles. The standard InChI is InChI=1S/C10H16F3NO6/c1-3(15)5(14-9(19)10(11,12)13)8-7(18)6(17)4(16)2-20-8/h3-8,15-18H,2H2,1H3,(H,14,19)/t3-,4+,5-,6-,7-,8-/m1/s1. The minimum Gasteiger partial charge on any atom is -0.391 e. The molecule has 0 spiro atoms. The van der Waals surface area contributed by atoms with E-state index in [2.05, 4.69) is 0 Å². The van der Waals surface area contributed by atoms with Gasteiger partial charge in [0.2, 0.25) is 0 Å². The Bertz CT molecular complexity index is 350. The van der Waals surface area contributed by atoms with E-state index >= 15 is 0 Å². The van der Waals surface area contributed by atoms with E-state index in [4.69, 9.17) is 4.74 Å². The highest BCUT2D eigenvalue weighted by Crippen LogP contribution is 2.22. The van der Waals surface area contributed by atoms with E-state index in [0.29, 0.717) is 0 Å². The fraction of sp³-hybridized carbons (Fsp3) is 0.900. The van der Waals surface area contributed by atoms with Crippen LogP contribution in [0.2, 0.25) is 0 Å². The average Bonchev–Trinajstić information content (AvgIpc) is 2.32. The van der Waals surface area contributed by atoms with Gasteiger partial charge >= 0.3 is 12.1 Å². The van der Waals surface area contributed by atoms with Crippen LogP contribution in [0.3, 0.4) is 0 Å². The lowest BCUT2D eigenvalue weighted by Crippen LogP contribution is -2.63. The number of aliphatic hydroxyl groups excluding tert-OH is 4. The van der Waals surface area contributed by atoms with E-state index in [9.17, 15) is 38.4 Å². The lowest BCUT2D eigenvalue weighted by Gasteiger charge is -2.40. The van der Waals surface area contributed by atoms with Gasteiger partial charge in [-0.05, 0) is 6.92 Å². The number of halogens is 3. The lowest BCUT2D eigenvalue weighted by atomic mass is 9.92. The van der Waals surface area contributed by atoms with Crippen molar-refractivity contribution in [3.05, 3.63) is 0 Å². The third-order valence-electron chi connectivity index (χ3n) is 2.97. The summed E-state index contributed by atoms with van der Waals surface area (Å²) in [5, 5.41) is 39.3. The van der Waals surface area contributed by atoms with Gasteiger partial charge in [0.1, 0.15) is 24.4 Å². The SMILES string of the molecule is C[C@@H](O)[C@@H](NC(=O)C(F)(F)F)[C@H]1OC[C@H](O)[C@@H](O)[C@H]1O. The first kappa shape index (κ1) is 17.1. The van der Waals surface area contributed by atoms with Crippen LogP contribution in [-0.2, 0) is 9.53 Å². The van der Waals surface area contributed by atoms with Crippen LogP contribution in [0.15, 0.2) is 0 Å². The van der Waals surface area contributed by atoms with Crippen molar-refractivity contribution in [2.45, 2.75) is 49.7 Å². The van der Waals surface area contributed by atoms with Crippen LogP contribution in [0.1, 0.15) is 6.92 Å². The van der Waals surface area contributed by atoms with Gasteiger partial charge in [-0.15, -0.1) is 0 Å². The Hall–Kier alpha value is -0.940. The summed E-state index contributed by atoms with van der Waals surface area (Å²) < 4.78 is 41.5. The molecule has 6 atom stereocenters. The van der Waals surface area contributed by atoms with E-state index in [0.717, 1.165) is 6.92 Å². The van der Waals surface area contributed by atoms with Gasteiger partial charge in [-0.1, -0.05) is 0 Å². The third-order valence-corrected chi connectivity index (χ3v) is 2.97. The van der Waals surface area contributed by atoms with Crippen LogP contribution in [0.5, 0.6) is 0 Å². The maximum atomic E-state index is 12.2. The zero-order chi connectivity index (χ0) is 15.7. The molecule has 0 aromatic heterocycles. The summed E-state index contributed by atoms with van der Waals surface area (Å²) >= 11 is 0. The van der Waals surface area contributed by atoms with Gasteiger partial charge in [-0.3, -0.25) is 4.79 Å². The summed E-state index contributed by atoms with van der Waals surface area (Å²) in [4.78, 5) is 10.9. The summed E-state index contributed by atoms with van der Waals surface area (Å²) in [6.07, 6.45) is -13.0. The molecule has 5 N–H and O–H groups in total. The van der Waals surface area contributed by atoms with E-state index in [1.807, 2.05) is 0 Å². The molecule has 7 nitrogen and oxygen atoms in total. The first-order chi connectivity index (χ1) is 9.05. The number of nitrogens with one attached hydrogen (secondary N) is 1. The van der Waals surface area contributed by atoms with E-state index in [1.54, 1.807) is 0 Å². The number of carbonyl (C=O) groups is 1. The molecule has 20 heavy (non-hydrogen) atoms. The molecular formula is C10H16F3NO6. The second-order valence-electron chi connectivity index (χ2n) is 4.58. The average molecular weight is 303 g/mol. The number of ether oxygens (including phenoxy) is 1. The van der Waals surface area contributed by atoms with Gasteiger partial charge in [0.15, 0.2) is 0 Å². The highest BCUT2D eigenvalue weighted by Gasteiger charge is 2.47. The molecule has 1 amide bonds. The maximum absolute atomic E-state index is 12.2. The van der Waals surface area contributed by atoms with Gasteiger partial charge < -0.3 is 30.5 Å². The van der Waals surface area contributed by atoms with Crippen molar-refractivity contribution in [1.82, 2.24) is 5.32 Å². The molecule has 1 saturated heterocycles. The lowest BCUT2D eigenvalue weighted by molar-refractivity contribution is -0.205. The zero-order valence-electron chi connectivity index (χ0n) is 10.4. The topological polar surface area (TPSA) is 119 Å². The Kier molecular flexibility index (Phi) is 5.33. The minimum atomic E-state index is -5.16. The van der Waals surface area contributed by atoms with Crippen molar-refractivity contribution in [3.63, 3.8) is 0 Å². The molecule has 0 radical (unpaired) electrons. The normalized spacial score (nSPS) is 34.4. The van der Waals surface area contributed by atoms with Gasteiger partial charge in [-0.25, -0.2) is 0 Å². The van der Waals surface area contributed by atoms with Gasteiger partial charge in [0, 0.05) is 0 Å². The molecule has 118 valence electrons. The number of amides is 1. The summed E-state index contributed by atoms with van der Waals surface area (Å²) in [6.45, 7) is 0.642. The molecule has 1 aliphatic rings. The molecular weight excluding hydrogens is 287 g/mol. The molecule has 0 aromatic carbocycles. The predicted molar refractivity (Wildman–Crippen MR) is 57.4 cm³/mol. The van der Waals surface area contributed by atoms with E-state index < -0.39 is 55.3 Å². The number of aliphatic hydroxyl groups is 4. The van der Waals surface area contributed by atoms with E-state index in [-0.39, 0.29) is 0 Å². The van der Waals surface area contributed by atoms with Crippen LogP contribution in [0.25, 0.3) is 0 Å². The second kappa shape index (κ2) is 6.22. The monoisotopic (exact) mass is 303 g/mol. The molecule has 0 bridgehead atoms. The quantitative estimate of drug-likeness (QED) is 0.407. The van der Waals surface area contributed by atoms with Crippen LogP contribution < -0.4 is 5.32 Å². The van der Waals surface area contributed by atoms with Crippen LogP contribution >= 0.6 is 0 Å². The fourth-order valence-corrected chi connectivity index (χ4v) is 1.86.